The average Bonchev–Trinajstić information content (AvgIpc) is 2.65. The molecule has 0 heterocycles. The van der Waals surface area contributed by atoms with Crippen molar-refractivity contribution in [3.05, 3.63) is 69.8 Å². The van der Waals surface area contributed by atoms with Crippen LogP contribution in [0.15, 0.2) is 55.1 Å². The van der Waals surface area contributed by atoms with Crippen molar-refractivity contribution < 1.29 is 27.5 Å². The van der Waals surface area contributed by atoms with Crippen molar-refractivity contribution in [2.45, 2.75) is 19.6 Å². The van der Waals surface area contributed by atoms with Crippen molar-refractivity contribution in [1.29, 1.82) is 0 Å². The van der Waals surface area contributed by atoms with E-state index in [1.807, 2.05) is 22.6 Å². The fraction of sp³-hybridized carbons (Fsp3) is 0.200. The molecule has 1 amide bonds. The van der Waals surface area contributed by atoms with Gasteiger partial charge in [-0.05, 0) is 52.8 Å². The zero-order valence-electron chi connectivity index (χ0n) is 14.9. The van der Waals surface area contributed by atoms with Crippen molar-refractivity contribution in [2.24, 2.45) is 0 Å². The Balaban J connectivity index is 2.49. The molecule has 0 saturated heterocycles. The van der Waals surface area contributed by atoms with Crippen molar-refractivity contribution in [3.8, 4) is 0 Å². The fourth-order valence-corrected chi connectivity index (χ4v) is 3.22. The van der Waals surface area contributed by atoms with Crippen LogP contribution < -0.4 is 4.90 Å². The molecule has 2 rings (SSSR count). The van der Waals surface area contributed by atoms with Crippen LogP contribution in [0.4, 0.5) is 18.9 Å². The van der Waals surface area contributed by atoms with E-state index in [4.69, 9.17) is 4.74 Å². The van der Waals surface area contributed by atoms with Gasteiger partial charge < -0.3 is 4.74 Å². The molecule has 0 fully saturated rings. The normalized spacial score (nSPS) is 11.0. The number of amides is 1. The standard InChI is InChI=1S/C20H17F3INO3/c1-3-28-18(26)13(2)15-9-5-4-8-14(15)12-25(19(27)20(21,22)23)17-11-7-6-10-16(17)24/h4-11H,2-3,12H2,1H3. The highest BCUT2D eigenvalue weighted by Gasteiger charge is 2.43. The van der Waals surface area contributed by atoms with E-state index < -0.39 is 18.1 Å². The summed E-state index contributed by atoms with van der Waals surface area (Å²) in [5.74, 6) is -2.66. The lowest BCUT2D eigenvalue weighted by Crippen LogP contribution is -2.41. The number of hydrogen-bond acceptors (Lipinski definition) is 3. The van der Waals surface area contributed by atoms with Gasteiger partial charge in [0.15, 0.2) is 0 Å². The first-order chi connectivity index (χ1) is 13.2. The van der Waals surface area contributed by atoms with Gasteiger partial charge in [0.25, 0.3) is 0 Å². The predicted octanol–water partition coefficient (Wildman–Crippen LogP) is 4.96. The Hall–Kier alpha value is -2.36. The van der Waals surface area contributed by atoms with Crippen LogP contribution in [0.3, 0.4) is 0 Å². The SMILES string of the molecule is C=C(C(=O)OCC)c1ccccc1CN(C(=O)C(F)(F)F)c1ccccc1I. The number of halogens is 4. The molecule has 0 spiro atoms. The minimum Gasteiger partial charge on any atom is -0.462 e. The molecule has 2 aromatic carbocycles. The Morgan fingerprint density at radius 2 is 1.71 bits per heavy atom. The Labute approximate surface area is 174 Å². The first-order valence-corrected chi connectivity index (χ1v) is 9.32. The number of anilines is 1. The number of alkyl halides is 3. The Morgan fingerprint density at radius 1 is 1.11 bits per heavy atom. The molecule has 0 atom stereocenters. The number of para-hydroxylation sites is 1. The summed E-state index contributed by atoms with van der Waals surface area (Å²) < 4.78 is 45.1. The third kappa shape index (κ3) is 5.12. The Bertz CT molecular complexity index is 896. The van der Waals surface area contributed by atoms with Gasteiger partial charge in [-0.15, -0.1) is 0 Å². The molecule has 0 bridgehead atoms. The number of carbonyl (C=O) groups excluding carboxylic acids is 2. The van der Waals surface area contributed by atoms with Crippen LogP contribution in [0.1, 0.15) is 18.1 Å². The number of rotatable bonds is 6. The van der Waals surface area contributed by atoms with Crippen molar-refractivity contribution in [3.63, 3.8) is 0 Å². The van der Waals surface area contributed by atoms with Crippen LogP contribution in [0.25, 0.3) is 5.57 Å². The van der Waals surface area contributed by atoms with Gasteiger partial charge in [0, 0.05) is 3.57 Å². The summed E-state index contributed by atoms with van der Waals surface area (Å²) in [6, 6.07) is 12.6. The summed E-state index contributed by atoms with van der Waals surface area (Å²) in [6.07, 6.45) is -5.05. The van der Waals surface area contributed by atoms with Crippen LogP contribution in [0.5, 0.6) is 0 Å². The molecule has 0 aliphatic heterocycles. The zero-order valence-corrected chi connectivity index (χ0v) is 17.1. The molecule has 0 radical (unpaired) electrons. The third-order valence-electron chi connectivity index (χ3n) is 3.82. The lowest BCUT2D eigenvalue weighted by Gasteiger charge is -2.26. The zero-order chi connectivity index (χ0) is 20.9. The molecule has 0 N–H and O–H groups in total. The maximum atomic E-state index is 13.2. The highest BCUT2D eigenvalue weighted by atomic mass is 127. The maximum absolute atomic E-state index is 13.2. The summed E-state index contributed by atoms with van der Waals surface area (Å²) in [6.45, 7) is 5.09. The number of hydrogen-bond donors (Lipinski definition) is 0. The molecule has 0 aliphatic carbocycles. The van der Waals surface area contributed by atoms with Gasteiger partial charge in [0.1, 0.15) is 0 Å². The Morgan fingerprint density at radius 3 is 2.32 bits per heavy atom. The van der Waals surface area contributed by atoms with E-state index in [1.165, 1.54) is 6.07 Å². The minimum absolute atomic E-state index is 0.0135. The first kappa shape index (κ1) is 21.9. The van der Waals surface area contributed by atoms with Crippen LogP contribution in [0.2, 0.25) is 0 Å². The smallest absolute Gasteiger partial charge is 0.462 e. The summed E-state index contributed by atoms with van der Waals surface area (Å²) >= 11 is 1.87. The van der Waals surface area contributed by atoms with Gasteiger partial charge in [-0.25, -0.2) is 4.79 Å². The molecule has 148 valence electrons. The monoisotopic (exact) mass is 503 g/mol. The van der Waals surface area contributed by atoms with E-state index in [0.717, 1.165) is 0 Å². The highest BCUT2D eigenvalue weighted by molar-refractivity contribution is 14.1. The van der Waals surface area contributed by atoms with Gasteiger partial charge in [-0.2, -0.15) is 13.2 Å². The van der Waals surface area contributed by atoms with Crippen molar-refractivity contribution in [1.82, 2.24) is 0 Å². The van der Waals surface area contributed by atoms with Crippen molar-refractivity contribution >= 4 is 45.7 Å². The van der Waals surface area contributed by atoms with Gasteiger partial charge in [0.2, 0.25) is 0 Å². The highest BCUT2D eigenvalue weighted by Crippen LogP contribution is 2.30. The second kappa shape index (κ2) is 9.22. The second-order valence-electron chi connectivity index (χ2n) is 5.70. The van der Waals surface area contributed by atoms with E-state index in [2.05, 4.69) is 6.58 Å². The largest absolute Gasteiger partial charge is 0.471 e. The summed E-state index contributed by atoms with van der Waals surface area (Å²) in [7, 11) is 0. The molecular weight excluding hydrogens is 486 g/mol. The third-order valence-corrected chi connectivity index (χ3v) is 4.74. The lowest BCUT2D eigenvalue weighted by atomic mass is 10.00. The topological polar surface area (TPSA) is 46.6 Å². The molecular formula is C20H17F3INO3. The van der Waals surface area contributed by atoms with Crippen LogP contribution in [-0.2, 0) is 20.9 Å². The second-order valence-corrected chi connectivity index (χ2v) is 6.86. The molecule has 0 aromatic heterocycles. The van der Waals surface area contributed by atoms with E-state index in [1.54, 1.807) is 49.4 Å². The molecule has 8 heteroatoms. The summed E-state index contributed by atoms with van der Waals surface area (Å²) in [5.41, 5.74) is 0.811. The van der Waals surface area contributed by atoms with Gasteiger partial charge in [-0.3, -0.25) is 9.69 Å². The van der Waals surface area contributed by atoms with Crippen LogP contribution in [-0.4, -0.2) is 24.7 Å². The van der Waals surface area contributed by atoms with E-state index in [0.29, 0.717) is 19.6 Å². The van der Waals surface area contributed by atoms with E-state index >= 15 is 0 Å². The quantitative estimate of drug-likeness (QED) is 0.318. The number of nitrogens with zero attached hydrogens (tertiary/aromatic N) is 1. The van der Waals surface area contributed by atoms with Crippen LogP contribution in [0, 0.1) is 3.57 Å². The van der Waals surface area contributed by atoms with Crippen molar-refractivity contribution in [2.75, 3.05) is 11.5 Å². The lowest BCUT2D eigenvalue weighted by molar-refractivity contribution is -0.170. The van der Waals surface area contributed by atoms with Gasteiger partial charge in [0.05, 0.1) is 24.4 Å². The maximum Gasteiger partial charge on any atom is 0.471 e. The molecule has 28 heavy (non-hydrogen) atoms. The number of esters is 1. The molecule has 2 aromatic rings. The molecule has 0 aliphatic rings. The number of ether oxygens (including phenoxy) is 1. The van der Waals surface area contributed by atoms with Crippen LogP contribution >= 0.6 is 22.6 Å². The fourth-order valence-electron chi connectivity index (χ4n) is 2.54. The Kier molecular flexibility index (Phi) is 7.22. The minimum atomic E-state index is -5.05. The van der Waals surface area contributed by atoms with Gasteiger partial charge in [-0.1, -0.05) is 43.0 Å². The summed E-state index contributed by atoms with van der Waals surface area (Å²) in [5, 5.41) is 0. The van der Waals surface area contributed by atoms with Gasteiger partial charge >= 0.3 is 18.1 Å². The average molecular weight is 503 g/mol. The molecule has 0 saturated carbocycles. The molecule has 4 nitrogen and oxygen atoms in total. The summed E-state index contributed by atoms with van der Waals surface area (Å²) in [4.78, 5) is 24.8. The predicted molar refractivity (Wildman–Crippen MR) is 109 cm³/mol. The first-order valence-electron chi connectivity index (χ1n) is 8.24. The van der Waals surface area contributed by atoms with E-state index in [-0.39, 0.29) is 24.4 Å². The molecule has 0 unspecified atom stereocenters. The number of carbonyl (C=O) groups is 2. The number of benzene rings is 2. The van der Waals surface area contributed by atoms with E-state index in [9.17, 15) is 22.8 Å².